The van der Waals surface area contributed by atoms with Crippen LogP contribution in [0, 0.1) is 5.82 Å². The maximum atomic E-state index is 13.7. The summed E-state index contributed by atoms with van der Waals surface area (Å²) in [6.45, 7) is 0.477. The van der Waals surface area contributed by atoms with E-state index in [1.54, 1.807) is 18.3 Å². The molecule has 130 valence electrons. The largest absolute Gasteiger partial charge is 0.497 e. The smallest absolute Gasteiger partial charge is 0.127 e. The van der Waals surface area contributed by atoms with Crippen LogP contribution in [0.4, 0.5) is 4.39 Å². The molecule has 2 aromatic heterocycles. The summed E-state index contributed by atoms with van der Waals surface area (Å²) in [6.07, 6.45) is 1.77. The molecule has 0 saturated carbocycles. The first kappa shape index (κ1) is 16.5. The number of fused-ring (bicyclic) bond motifs is 1. The Morgan fingerprint density at radius 2 is 1.96 bits per heavy atom. The Balaban J connectivity index is 1.60. The Morgan fingerprint density at radius 3 is 2.73 bits per heavy atom. The zero-order valence-corrected chi connectivity index (χ0v) is 14.6. The van der Waals surface area contributed by atoms with Gasteiger partial charge in [-0.05, 0) is 42.5 Å². The van der Waals surface area contributed by atoms with E-state index in [-0.39, 0.29) is 5.82 Å². The summed E-state index contributed by atoms with van der Waals surface area (Å²) in [5.74, 6) is 0.0550. The third-order valence-corrected chi connectivity index (χ3v) is 4.27. The van der Waals surface area contributed by atoms with Crippen molar-refractivity contribution in [2.75, 3.05) is 7.11 Å². The number of benzene rings is 2. The molecule has 2 heterocycles. The lowest BCUT2D eigenvalue weighted by molar-refractivity contribution is 0.411. The van der Waals surface area contributed by atoms with Crippen LogP contribution < -0.4 is 4.74 Å². The Morgan fingerprint density at radius 1 is 1.08 bits per heavy atom. The monoisotopic (exact) mass is 368 g/mol. The number of nitrogens with zero attached hydrogens (tertiary/aromatic N) is 4. The van der Waals surface area contributed by atoms with Gasteiger partial charge in [0.25, 0.3) is 0 Å². The molecule has 0 N–H and O–H groups in total. The van der Waals surface area contributed by atoms with E-state index in [0.29, 0.717) is 28.6 Å². The number of rotatable bonds is 4. The molecule has 0 unspecified atom stereocenters. The van der Waals surface area contributed by atoms with Gasteiger partial charge in [0, 0.05) is 22.0 Å². The molecule has 0 saturated heterocycles. The van der Waals surface area contributed by atoms with Crippen LogP contribution in [-0.2, 0) is 6.54 Å². The lowest BCUT2D eigenvalue weighted by Crippen LogP contribution is -2.04. The molecule has 26 heavy (non-hydrogen) atoms. The van der Waals surface area contributed by atoms with E-state index in [2.05, 4.69) is 15.3 Å². The lowest BCUT2D eigenvalue weighted by atomic mass is 10.1. The van der Waals surface area contributed by atoms with Crippen molar-refractivity contribution in [2.45, 2.75) is 6.54 Å². The van der Waals surface area contributed by atoms with E-state index in [4.69, 9.17) is 16.3 Å². The van der Waals surface area contributed by atoms with Gasteiger partial charge in [0.1, 0.15) is 11.6 Å². The van der Waals surface area contributed by atoms with Crippen molar-refractivity contribution in [1.82, 2.24) is 20.0 Å². The van der Waals surface area contributed by atoms with Gasteiger partial charge in [-0.2, -0.15) is 15.3 Å². The number of methoxy groups -OCH3 is 1. The predicted molar refractivity (Wildman–Crippen MR) is 97.8 cm³/mol. The summed E-state index contributed by atoms with van der Waals surface area (Å²) in [7, 11) is 1.49. The van der Waals surface area contributed by atoms with Crippen LogP contribution in [0.2, 0.25) is 5.02 Å². The SMILES string of the molecule is COc1cc(F)cc(-c2ccc(Cn3ncc4cc(Cl)ccc43)nn2)c1. The molecule has 0 fully saturated rings. The van der Waals surface area contributed by atoms with Crippen molar-refractivity contribution in [1.29, 1.82) is 0 Å². The van der Waals surface area contributed by atoms with Crippen molar-refractivity contribution < 1.29 is 9.13 Å². The van der Waals surface area contributed by atoms with E-state index < -0.39 is 0 Å². The van der Waals surface area contributed by atoms with Gasteiger partial charge in [-0.1, -0.05) is 11.6 Å². The summed E-state index contributed by atoms with van der Waals surface area (Å²) in [6, 6.07) is 13.7. The van der Waals surface area contributed by atoms with Crippen LogP contribution in [-0.4, -0.2) is 27.1 Å². The lowest BCUT2D eigenvalue weighted by Gasteiger charge is -2.06. The maximum absolute atomic E-state index is 13.7. The van der Waals surface area contributed by atoms with Gasteiger partial charge >= 0.3 is 0 Å². The fourth-order valence-corrected chi connectivity index (χ4v) is 2.94. The molecule has 5 nitrogen and oxygen atoms in total. The zero-order valence-electron chi connectivity index (χ0n) is 13.9. The van der Waals surface area contributed by atoms with Crippen molar-refractivity contribution in [2.24, 2.45) is 0 Å². The van der Waals surface area contributed by atoms with Gasteiger partial charge in [0.15, 0.2) is 0 Å². The minimum atomic E-state index is -0.383. The molecule has 0 spiro atoms. The third kappa shape index (κ3) is 3.23. The predicted octanol–water partition coefficient (Wildman–Crippen LogP) is 4.34. The molecule has 4 aromatic rings. The first-order valence-corrected chi connectivity index (χ1v) is 8.29. The minimum Gasteiger partial charge on any atom is -0.497 e. The second-order valence-electron chi connectivity index (χ2n) is 5.79. The van der Waals surface area contributed by atoms with Gasteiger partial charge in [0.05, 0.1) is 36.8 Å². The summed E-state index contributed by atoms with van der Waals surface area (Å²) in [5, 5.41) is 14.5. The van der Waals surface area contributed by atoms with Crippen LogP contribution in [0.1, 0.15) is 5.69 Å². The Labute approximate surface area is 154 Å². The van der Waals surface area contributed by atoms with Crippen molar-refractivity contribution in [3.63, 3.8) is 0 Å². The molecular formula is C19H14ClFN4O. The highest BCUT2D eigenvalue weighted by atomic mass is 35.5. The molecule has 0 amide bonds. The average Bonchev–Trinajstić information content (AvgIpc) is 3.03. The minimum absolute atomic E-state index is 0.383. The van der Waals surface area contributed by atoms with Gasteiger partial charge in [-0.25, -0.2) is 4.39 Å². The molecule has 7 heteroatoms. The highest BCUT2D eigenvalue weighted by Crippen LogP contribution is 2.24. The van der Waals surface area contributed by atoms with Gasteiger partial charge in [0.2, 0.25) is 0 Å². The number of hydrogen-bond acceptors (Lipinski definition) is 4. The molecule has 2 aromatic carbocycles. The molecular weight excluding hydrogens is 355 g/mol. The molecule has 0 bridgehead atoms. The molecule has 0 aliphatic rings. The maximum Gasteiger partial charge on any atom is 0.127 e. The quantitative estimate of drug-likeness (QED) is 0.537. The van der Waals surface area contributed by atoms with E-state index >= 15 is 0 Å². The zero-order chi connectivity index (χ0) is 18.1. The topological polar surface area (TPSA) is 52.8 Å². The number of ether oxygens (including phenoxy) is 1. The van der Waals surface area contributed by atoms with Gasteiger partial charge < -0.3 is 4.74 Å². The molecule has 0 radical (unpaired) electrons. The Bertz CT molecular complexity index is 1080. The first-order valence-electron chi connectivity index (χ1n) is 7.91. The number of aromatic nitrogens is 4. The third-order valence-electron chi connectivity index (χ3n) is 4.04. The highest BCUT2D eigenvalue weighted by Gasteiger charge is 2.08. The van der Waals surface area contributed by atoms with Crippen LogP contribution in [0.15, 0.2) is 54.7 Å². The van der Waals surface area contributed by atoms with Crippen LogP contribution >= 0.6 is 11.6 Å². The summed E-state index contributed by atoms with van der Waals surface area (Å²) in [4.78, 5) is 0. The summed E-state index contributed by atoms with van der Waals surface area (Å²) >= 11 is 6.00. The average molecular weight is 369 g/mol. The van der Waals surface area contributed by atoms with Crippen molar-refractivity contribution in [3.8, 4) is 17.0 Å². The fourth-order valence-electron chi connectivity index (χ4n) is 2.76. The van der Waals surface area contributed by atoms with E-state index in [1.165, 1.54) is 19.2 Å². The molecule has 0 aliphatic heterocycles. The number of hydrogen-bond donors (Lipinski definition) is 0. The van der Waals surface area contributed by atoms with Crippen LogP contribution in [0.25, 0.3) is 22.2 Å². The standard InChI is InChI=1S/C19H14ClFN4O/c1-26-17-8-12(7-15(21)9-17)18-4-3-16(23-24-18)11-25-19-5-2-14(20)6-13(19)10-22-25/h2-10H,11H2,1H3. The Hall–Kier alpha value is -2.99. The second-order valence-corrected chi connectivity index (χ2v) is 6.23. The van der Waals surface area contributed by atoms with Crippen LogP contribution in [0.3, 0.4) is 0 Å². The van der Waals surface area contributed by atoms with E-state index in [9.17, 15) is 4.39 Å². The van der Waals surface area contributed by atoms with E-state index in [0.717, 1.165) is 16.6 Å². The summed E-state index contributed by atoms with van der Waals surface area (Å²) in [5.41, 5.74) is 2.90. The summed E-state index contributed by atoms with van der Waals surface area (Å²) < 4.78 is 20.6. The second kappa shape index (κ2) is 6.72. The van der Waals surface area contributed by atoms with Crippen molar-refractivity contribution in [3.05, 3.63) is 71.3 Å². The normalized spacial score (nSPS) is 11.0. The molecule has 0 aliphatic carbocycles. The fraction of sp³-hybridized carbons (Fsp3) is 0.105. The first-order chi connectivity index (χ1) is 12.6. The number of halogens is 2. The van der Waals surface area contributed by atoms with Crippen LogP contribution in [0.5, 0.6) is 5.75 Å². The molecule has 0 atom stereocenters. The van der Waals surface area contributed by atoms with Gasteiger partial charge in [-0.15, -0.1) is 0 Å². The highest BCUT2D eigenvalue weighted by molar-refractivity contribution is 6.31. The van der Waals surface area contributed by atoms with Gasteiger partial charge in [-0.3, -0.25) is 4.68 Å². The Kier molecular flexibility index (Phi) is 4.26. The van der Waals surface area contributed by atoms with E-state index in [1.807, 2.05) is 28.9 Å². The molecule has 4 rings (SSSR count). The van der Waals surface area contributed by atoms with Crippen molar-refractivity contribution >= 4 is 22.5 Å².